The van der Waals surface area contributed by atoms with Crippen LogP contribution in [0.2, 0.25) is 0 Å². The number of halogens is 3. The number of rotatable bonds is 5. The number of ether oxygens (including phenoxy) is 1. The molecule has 3 rings (SSSR count). The Balaban J connectivity index is 2.13. The molecular formula is C22H19F3N2O4S. The minimum Gasteiger partial charge on any atom is -0.496 e. The third kappa shape index (κ3) is 4.75. The van der Waals surface area contributed by atoms with Crippen LogP contribution in [0.4, 0.5) is 18.9 Å². The number of sulfone groups is 1. The van der Waals surface area contributed by atoms with Crippen LogP contribution in [0, 0.1) is 0 Å². The molecule has 0 atom stereocenters. The van der Waals surface area contributed by atoms with Crippen molar-refractivity contribution in [3.8, 4) is 16.9 Å². The van der Waals surface area contributed by atoms with Gasteiger partial charge in [-0.15, -0.1) is 0 Å². The minimum atomic E-state index is -4.83. The summed E-state index contributed by atoms with van der Waals surface area (Å²) in [4.78, 5) is 17.7. The molecule has 32 heavy (non-hydrogen) atoms. The third-order valence-electron chi connectivity index (χ3n) is 4.77. The largest absolute Gasteiger partial charge is 0.496 e. The van der Waals surface area contributed by atoms with E-state index >= 15 is 0 Å². The van der Waals surface area contributed by atoms with Gasteiger partial charge in [0, 0.05) is 36.2 Å². The maximum atomic E-state index is 13.3. The number of alkyl halides is 3. The highest BCUT2D eigenvalue weighted by molar-refractivity contribution is 7.90. The Bertz CT molecular complexity index is 1270. The molecule has 1 aromatic heterocycles. The number of hydrogen-bond donors (Lipinski definition) is 0. The zero-order chi connectivity index (χ0) is 23.7. The number of para-hydroxylation sites is 1. The van der Waals surface area contributed by atoms with Crippen molar-refractivity contribution in [2.45, 2.75) is 11.1 Å². The first-order chi connectivity index (χ1) is 14.9. The number of nitrogens with zero attached hydrogens (tertiary/aromatic N) is 2. The van der Waals surface area contributed by atoms with Gasteiger partial charge in [0.1, 0.15) is 5.75 Å². The fourth-order valence-electron chi connectivity index (χ4n) is 3.15. The Kier molecular flexibility index (Phi) is 6.27. The van der Waals surface area contributed by atoms with E-state index < -0.39 is 37.9 Å². The monoisotopic (exact) mass is 464 g/mol. The summed E-state index contributed by atoms with van der Waals surface area (Å²) in [6.07, 6.45) is -1.15. The van der Waals surface area contributed by atoms with Crippen LogP contribution < -0.4 is 9.64 Å². The molecule has 0 radical (unpaired) electrons. The molecule has 2 aromatic carbocycles. The molecule has 1 amide bonds. The Morgan fingerprint density at radius 3 is 2.38 bits per heavy atom. The molecule has 0 aliphatic carbocycles. The quantitative estimate of drug-likeness (QED) is 0.558. The van der Waals surface area contributed by atoms with E-state index in [0.717, 1.165) is 17.2 Å². The Hall–Kier alpha value is -3.40. The van der Waals surface area contributed by atoms with Crippen molar-refractivity contribution < 1.29 is 31.1 Å². The molecule has 0 fully saturated rings. The van der Waals surface area contributed by atoms with Gasteiger partial charge in [0.2, 0.25) is 0 Å². The molecule has 3 aromatic rings. The van der Waals surface area contributed by atoms with Crippen LogP contribution in [-0.4, -0.2) is 39.7 Å². The molecule has 6 nitrogen and oxygen atoms in total. The summed E-state index contributed by atoms with van der Waals surface area (Å²) in [7, 11) is -1.13. The molecule has 0 bridgehead atoms. The molecule has 0 saturated carbocycles. The van der Waals surface area contributed by atoms with Gasteiger partial charge in [-0.05, 0) is 30.3 Å². The molecule has 10 heteroatoms. The zero-order valence-electron chi connectivity index (χ0n) is 17.3. The van der Waals surface area contributed by atoms with E-state index in [-0.39, 0.29) is 0 Å². The molecule has 0 spiro atoms. The minimum absolute atomic E-state index is 0.306. The highest BCUT2D eigenvalue weighted by Crippen LogP contribution is 2.37. The molecule has 168 valence electrons. The summed E-state index contributed by atoms with van der Waals surface area (Å²) < 4.78 is 69.3. The summed E-state index contributed by atoms with van der Waals surface area (Å²) in [6, 6.07) is 10.8. The van der Waals surface area contributed by atoms with Gasteiger partial charge in [-0.1, -0.05) is 18.2 Å². The summed E-state index contributed by atoms with van der Waals surface area (Å²) in [6.45, 7) is 0. The normalized spacial score (nSPS) is 11.8. The summed E-state index contributed by atoms with van der Waals surface area (Å²) in [5.74, 6) is -0.302. The second-order valence-electron chi connectivity index (χ2n) is 6.97. The van der Waals surface area contributed by atoms with Gasteiger partial charge in [-0.25, -0.2) is 8.42 Å². The van der Waals surface area contributed by atoms with Crippen molar-refractivity contribution in [3.63, 3.8) is 0 Å². The number of carbonyl (C=O) groups is 1. The fourth-order valence-corrected chi connectivity index (χ4v) is 3.83. The molecule has 1 heterocycles. The lowest BCUT2D eigenvalue weighted by Gasteiger charge is -2.22. The van der Waals surface area contributed by atoms with Gasteiger partial charge >= 0.3 is 6.18 Å². The predicted octanol–water partition coefficient (Wildman–Crippen LogP) is 4.46. The van der Waals surface area contributed by atoms with Crippen molar-refractivity contribution in [1.82, 2.24) is 4.98 Å². The van der Waals surface area contributed by atoms with Gasteiger partial charge in [0.25, 0.3) is 5.91 Å². The molecule has 0 aliphatic heterocycles. The van der Waals surface area contributed by atoms with Gasteiger partial charge in [0.15, 0.2) is 9.84 Å². The van der Waals surface area contributed by atoms with Crippen molar-refractivity contribution >= 4 is 21.4 Å². The standard InChI is InChI=1S/C22H19F3N2O4S/c1-27(19-13-26-9-8-17(19)18-6-4-5-7-20(18)31-2)21(28)14-10-15(22(23,24)25)12-16(11-14)32(3,29)30/h4-13H,1-3H3. The number of aromatic nitrogens is 1. The van der Waals surface area contributed by atoms with Gasteiger partial charge in [0.05, 0.1) is 29.5 Å². The van der Waals surface area contributed by atoms with Crippen LogP contribution in [0.1, 0.15) is 15.9 Å². The maximum absolute atomic E-state index is 13.3. The summed E-state index contributed by atoms with van der Waals surface area (Å²) in [5.41, 5.74) is -0.136. The van der Waals surface area contributed by atoms with E-state index in [0.29, 0.717) is 34.7 Å². The van der Waals surface area contributed by atoms with Crippen molar-refractivity contribution in [2.75, 3.05) is 25.3 Å². The predicted molar refractivity (Wildman–Crippen MR) is 114 cm³/mol. The Morgan fingerprint density at radius 2 is 1.75 bits per heavy atom. The first-order valence-corrected chi connectivity index (χ1v) is 11.1. The van der Waals surface area contributed by atoms with Gasteiger partial charge in [-0.3, -0.25) is 9.78 Å². The maximum Gasteiger partial charge on any atom is 0.416 e. The first-order valence-electron chi connectivity index (χ1n) is 9.21. The lowest BCUT2D eigenvalue weighted by Crippen LogP contribution is -2.27. The number of pyridine rings is 1. The number of carbonyl (C=O) groups excluding carboxylic acids is 1. The first kappa shape index (κ1) is 23.3. The average Bonchev–Trinajstić information content (AvgIpc) is 2.76. The van der Waals surface area contributed by atoms with Crippen LogP contribution in [0.5, 0.6) is 5.75 Å². The van der Waals surface area contributed by atoms with Crippen LogP contribution in [0.25, 0.3) is 11.1 Å². The van der Waals surface area contributed by atoms with Crippen LogP contribution in [0.15, 0.2) is 65.8 Å². The SMILES string of the molecule is COc1ccccc1-c1ccncc1N(C)C(=O)c1cc(C(F)(F)F)cc(S(C)(=O)=O)c1. The van der Waals surface area contributed by atoms with E-state index in [9.17, 15) is 26.4 Å². The summed E-state index contributed by atoms with van der Waals surface area (Å²) in [5, 5.41) is 0. The lowest BCUT2D eigenvalue weighted by molar-refractivity contribution is -0.137. The number of benzene rings is 2. The lowest BCUT2D eigenvalue weighted by atomic mass is 10.0. The zero-order valence-corrected chi connectivity index (χ0v) is 18.2. The van der Waals surface area contributed by atoms with E-state index in [1.54, 1.807) is 30.3 Å². The van der Waals surface area contributed by atoms with E-state index in [2.05, 4.69) is 4.98 Å². The van der Waals surface area contributed by atoms with Crippen LogP contribution in [0.3, 0.4) is 0 Å². The summed E-state index contributed by atoms with van der Waals surface area (Å²) >= 11 is 0. The van der Waals surface area contributed by atoms with Crippen molar-refractivity contribution in [3.05, 3.63) is 72.1 Å². The van der Waals surface area contributed by atoms with Crippen LogP contribution >= 0.6 is 0 Å². The smallest absolute Gasteiger partial charge is 0.416 e. The number of methoxy groups -OCH3 is 1. The van der Waals surface area contributed by atoms with E-state index in [1.807, 2.05) is 0 Å². The number of amides is 1. The molecular weight excluding hydrogens is 445 g/mol. The van der Waals surface area contributed by atoms with E-state index in [4.69, 9.17) is 4.74 Å². The highest BCUT2D eigenvalue weighted by Gasteiger charge is 2.33. The second-order valence-corrected chi connectivity index (χ2v) is 8.99. The molecule has 0 saturated heterocycles. The second kappa shape index (κ2) is 8.62. The molecule has 0 N–H and O–H groups in total. The highest BCUT2D eigenvalue weighted by atomic mass is 32.2. The molecule has 0 unspecified atom stereocenters. The fraction of sp³-hybridized carbons (Fsp3) is 0.182. The van der Waals surface area contributed by atoms with Gasteiger partial charge in [-0.2, -0.15) is 13.2 Å². The Morgan fingerprint density at radius 1 is 1.06 bits per heavy atom. The average molecular weight is 464 g/mol. The van der Waals surface area contributed by atoms with Crippen molar-refractivity contribution in [2.24, 2.45) is 0 Å². The third-order valence-corrected chi connectivity index (χ3v) is 5.86. The van der Waals surface area contributed by atoms with E-state index in [1.165, 1.54) is 26.6 Å². The number of hydrogen-bond acceptors (Lipinski definition) is 5. The molecule has 0 aliphatic rings. The van der Waals surface area contributed by atoms with Crippen molar-refractivity contribution in [1.29, 1.82) is 0 Å². The van der Waals surface area contributed by atoms with Crippen LogP contribution in [-0.2, 0) is 16.0 Å². The Labute approximate surface area is 183 Å². The topological polar surface area (TPSA) is 76.6 Å². The number of anilines is 1. The van der Waals surface area contributed by atoms with Gasteiger partial charge < -0.3 is 9.64 Å².